The summed E-state index contributed by atoms with van der Waals surface area (Å²) in [6.07, 6.45) is -0.354. The molecular formula is C15H26N2O4. The average Bonchev–Trinajstić information content (AvgIpc) is 2.32. The molecule has 0 rings (SSSR count). The summed E-state index contributed by atoms with van der Waals surface area (Å²) in [5, 5.41) is 8.70. The second kappa shape index (κ2) is 7.87. The molecule has 21 heavy (non-hydrogen) atoms. The van der Waals surface area contributed by atoms with Crippen LogP contribution < -0.4 is 0 Å². The first-order valence-electron chi connectivity index (χ1n) is 7.05. The molecule has 0 aliphatic carbocycles. The molecule has 0 aromatic heterocycles. The maximum absolute atomic E-state index is 12.2. The second-order valence-corrected chi connectivity index (χ2v) is 6.41. The quantitative estimate of drug-likeness (QED) is 0.704. The molecule has 0 aliphatic heterocycles. The number of ether oxygens (including phenoxy) is 2. The summed E-state index contributed by atoms with van der Waals surface area (Å²) in [5.41, 5.74) is -1.49. The van der Waals surface area contributed by atoms with Crippen LogP contribution in [-0.4, -0.2) is 42.3 Å². The smallest absolute Gasteiger partial charge is 0.410 e. The molecule has 0 saturated heterocycles. The molecule has 0 atom stereocenters. The van der Waals surface area contributed by atoms with Crippen molar-refractivity contribution in [3.63, 3.8) is 0 Å². The number of nitrogens with zero attached hydrogens (tertiary/aromatic N) is 2. The predicted octanol–water partition coefficient (Wildman–Crippen LogP) is 2.73. The summed E-state index contributed by atoms with van der Waals surface area (Å²) in [6, 6.07) is 1.99. The summed E-state index contributed by atoms with van der Waals surface area (Å²) in [6.45, 7) is 11.1. The highest BCUT2D eigenvalue weighted by molar-refractivity contribution is 5.77. The fourth-order valence-corrected chi connectivity index (χ4v) is 1.61. The van der Waals surface area contributed by atoms with Crippen LogP contribution in [0.25, 0.3) is 0 Å². The van der Waals surface area contributed by atoms with Crippen molar-refractivity contribution in [2.45, 2.75) is 53.6 Å². The van der Waals surface area contributed by atoms with Crippen molar-refractivity contribution in [1.82, 2.24) is 4.90 Å². The lowest BCUT2D eigenvalue weighted by Gasteiger charge is -2.32. The fraction of sp³-hybridized carbons (Fsp3) is 0.800. The highest BCUT2D eigenvalue weighted by Gasteiger charge is 2.34. The van der Waals surface area contributed by atoms with E-state index in [9.17, 15) is 9.59 Å². The zero-order valence-electron chi connectivity index (χ0n) is 13.9. The van der Waals surface area contributed by atoms with E-state index in [1.807, 2.05) is 6.07 Å². The molecule has 0 N–H and O–H groups in total. The van der Waals surface area contributed by atoms with Gasteiger partial charge in [0.2, 0.25) is 0 Å². The van der Waals surface area contributed by atoms with Gasteiger partial charge in [0, 0.05) is 13.1 Å². The lowest BCUT2D eigenvalue weighted by atomic mass is 9.93. The number of hydrogen-bond donors (Lipinski definition) is 0. The zero-order valence-corrected chi connectivity index (χ0v) is 13.9. The van der Waals surface area contributed by atoms with E-state index in [0.717, 1.165) is 0 Å². The van der Waals surface area contributed by atoms with Crippen molar-refractivity contribution in [1.29, 1.82) is 5.26 Å². The molecule has 6 heteroatoms. The normalized spacial score (nSPS) is 11.5. The number of hydrogen-bond acceptors (Lipinski definition) is 5. The molecule has 0 bridgehead atoms. The van der Waals surface area contributed by atoms with Crippen LogP contribution in [0.2, 0.25) is 0 Å². The van der Waals surface area contributed by atoms with Gasteiger partial charge in [-0.05, 0) is 41.5 Å². The molecular weight excluding hydrogens is 272 g/mol. The van der Waals surface area contributed by atoms with E-state index in [2.05, 4.69) is 0 Å². The van der Waals surface area contributed by atoms with E-state index in [1.54, 1.807) is 41.5 Å². The molecule has 0 aromatic carbocycles. The summed E-state index contributed by atoms with van der Waals surface area (Å²) in [7, 11) is 0. The largest absolute Gasteiger partial charge is 0.466 e. The number of amides is 1. The van der Waals surface area contributed by atoms with Crippen molar-refractivity contribution >= 4 is 12.1 Å². The van der Waals surface area contributed by atoms with Gasteiger partial charge in [0.25, 0.3) is 0 Å². The highest BCUT2D eigenvalue weighted by atomic mass is 16.6. The zero-order chi connectivity index (χ0) is 16.7. The minimum Gasteiger partial charge on any atom is -0.466 e. The topological polar surface area (TPSA) is 79.6 Å². The van der Waals surface area contributed by atoms with Crippen LogP contribution in [0.15, 0.2) is 0 Å². The standard InChI is InChI=1S/C15H26N2O4/c1-7-20-12(18)15(5,6)11-17(10-8-9-16)13(19)21-14(2,3)4/h7-8,10-11H2,1-6H3. The minimum absolute atomic E-state index is 0.141. The van der Waals surface area contributed by atoms with Crippen LogP contribution in [0.3, 0.4) is 0 Å². The lowest BCUT2D eigenvalue weighted by molar-refractivity contribution is -0.154. The number of esters is 1. The minimum atomic E-state index is -0.859. The SMILES string of the molecule is CCOC(=O)C(C)(C)CN(CCC#N)C(=O)OC(C)(C)C. The molecule has 0 aromatic rings. The summed E-state index contributed by atoms with van der Waals surface area (Å²) < 4.78 is 10.3. The van der Waals surface area contributed by atoms with Gasteiger partial charge >= 0.3 is 12.1 Å². The highest BCUT2D eigenvalue weighted by Crippen LogP contribution is 2.21. The van der Waals surface area contributed by atoms with Gasteiger partial charge in [-0.1, -0.05) is 0 Å². The van der Waals surface area contributed by atoms with Gasteiger partial charge in [0.05, 0.1) is 24.5 Å². The average molecular weight is 298 g/mol. The number of carbonyl (C=O) groups is 2. The Balaban J connectivity index is 4.95. The van der Waals surface area contributed by atoms with Crippen LogP contribution >= 0.6 is 0 Å². The van der Waals surface area contributed by atoms with Gasteiger partial charge in [-0.2, -0.15) is 5.26 Å². The van der Waals surface area contributed by atoms with E-state index in [-0.39, 0.29) is 32.1 Å². The number of carbonyl (C=O) groups excluding carboxylic acids is 2. The van der Waals surface area contributed by atoms with Gasteiger partial charge in [-0.15, -0.1) is 0 Å². The number of rotatable bonds is 6. The Kier molecular flexibility index (Phi) is 7.20. The van der Waals surface area contributed by atoms with E-state index >= 15 is 0 Å². The Morgan fingerprint density at radius 1 is 1.19 bits per heavy atom. The Labute approximate surface area is 127 Å². The molecule has 0 fully saturated rings. The van der Waals surface area contributed by atoms with Gasteiger partial charge in [0.1, 0.15) is 5.60 Å². The summed E-state index contributed by atoms with van der Waals surface area (Å²) in [4.78, 5) is 25.5. The molecule has 1 amide bonds. The van der Waals surface area contributed by atoms with Crippen molar-refractivity contribution < 1.29 is 19.1 Å². The maximum Gasteiger partial charge on any atom is 0.410 e. The Morgan fingerprint density at radius 3 is 2.19 bits per heavy atom. The number of nitriles is 1. The molecule has 120 valence electrons. The first-order valence-corrected chi connectivity index (χ1v) is 7.05. The van der Waals surface area contributed by atoms with Crippen molar-refractivity contribution in [3.05, 3.63) is 0 Å². The Hall–Kier alpha value is -1.77. The first-order chi connectivity index (χ1) is 9.53. The van der Waals surface area contributed by atoms with Gasteiger partial charge < -0.3 is 14.4 Å². The van der Waals surface area contributed by atoms with Crippen molar-refractivity contribution in [3.8, 4) is 6.07 Å². The fourth-order valence-electron chi connectivity index (χ4n) is 1.61. The molecule has 6 nitrogen and oxygen atoms in total. The molecule has 0 unspecified atom stereocenters. The van der Waals surface area contributed by atoms with Gasteiger partial charge in [-0.3, -0.25) is 4.79 Å². The van der Waals surface area contributed by atoms with Crippen LogP contribution in [0.4, 0.5) is 4.79 Å². The first kappa shape index (κ1) is 19.2. The Morgan fingerprint density at radius 2 is 1.76 bits per heavy atom. The van der Waals surface area contributed by atoms with Gasteiger partial charge in [0.15, 0.2) is 0 Å². The van der Waals surface area contributed by atoms with E-state index in [0.29, 0.717) is 0 Å². The van der Waals surface area contributed by atoms with Crippen LogP contribution in [0.5, 0.6) is 0 Å². The van der Waals surface area contributed by atoms with Crippen LogP contribution in [0.1, 0.15) is 48.0 Å². The summed E-state index contributed by atoms with van der Waals surface area (Å²) in [5.74, 6) is -0.379. The molecule has 0 aliphatic rings. The second-order valence-electron chi connectivity index (χ2n) is 6.41. The third-order valence-electron chi connectivity index (χ3n) is 2.56. The monoisotopic (exact) mass is 298 g/mol. The molecule has 0 spiro atoms. The van der Waals surface area contributed by atoms with Gasteiger partial charge in [-0.25, -0.2) is 4.79 Å². The van der Waals surface area contributed by atoms with E-state index < -0.39 is 17.1 Å². The third-order valence-corrected chi connectivity index (χ3v) is 2.56. The van der Waals surface area contributed by atoms with Crippen molar-refractivity contribution in [2.24, 2.45) is 5.41 Å². The summed E-state index contributed by atoms with van der Waals surface area (Å²) >= 11 is 0. The molecule has 0 heterocycles. The molecule has 0 radical (unpaired) electrons. The Bertz CT molecular complexity index is 405. The van der Waals surface area contributed by atoms with E-state index in [4.69, 9.17) is 14.7 Å². The van der Waals surface area contributed by atoms with Crippen LogP contribution in [0, 0.1) is 16.7 Å². The third kappa shape index (κ3) is 7.54. The van der Waals surface area contributed by atoms with Crippen LogP contribution in [-0.2, 0) is 14.3 Å². The maximum atomic E-state index is 12.2. The molecule has 0 saturated carbocycles. The van der Waals surface area contributed by atoms with E-state index in [1.165, 1.54) is 4.90 Å². The van der Waals surface area contributed by atoms with Crippen molar-refractivity contribution in [2.75, 3.05) is 19.7 Å². The lowest BCUT2D eigenvalue weighted by Crippen LogP contribution is -2.45. The predicted molar refractivity (Wildman–Crippen MR) is 78.5 cm³/mol.